The van der Waals surface area contributed by atoms with Gasteiger partial charge in [0.05, 0.1) is 17.8 Å². The molecule has 0 atom stereocenters. The quantitative estimate of drug-likeness (QED) is 0.542. The van der Waals surface area contributed by atoms with E-state index in [4.69, 9.17) is 20.8 Å². The molecule has 0 bridgehead atoms. The Kier molecular flexibility index (Phi) is 6.41. The molecule has 2 aromatic rings. The van der Waals surface area contributed by atoms with Gasteiger partial charge in [0.2, 0.25) is 0 Å². The van der Waals surface area contributed by atoms with E-state index < -0.39 is 17.7 Å². The van der Waals surface area contributed by atoms with Gasteiger partial charge in [-0.1, -0.05) is 17.7 Å². The maximum atomic E-state index is 11.6. The number of nitrogens with one attached hydrogen (secondary N) is 3. The van der Waals surface area contributed by atoms with Crippen LogP contribution in [-0.4, -0.2) is 24.3 Å². The maximum Gasteiger partial charge on any atom is 0.327 e. The fourth-order valence-corrected chi connectivity index (χ4v) is 1.92. The van der Waals surface area contributed by atoms with Crippen LogP contribution in [0.15, 0.2) is 41.0 Å². The predicted molar refractivity (Wildman–Crippen MR) is 88.5 cm³/mol. The monoisotopic (exact) mass is 365 g/mol. The highest BCUT2D eigenvalue weighted by Crippen LogP contribution is 2.24. The van der Waals surface area contributed by atoms with Gasteiger partial charge in [-0.15, -0.1) is 0 Å². The molecule has 0 spiro atoms. The van der Waals surface area contributed by atoms with Gasteiger partial charge in [0.1, 0.15) is 11.5 Å². The van der Waals surface area contributed by atoms with Gasteiger partial charge in [0.25, 0.3) is 5.91 Å². The molecule has 9 heteroatoms. The van der Waals surface area contributed by atoms with Crippen molar-refractivity contribution in [2.75, 3.05) is 6.61 Å². The Bertz CT molecular complexity index is 761. The van der Waals surface area contributed by atoms with E-state index in [1.165, 1.54) is 6.26 Å². The zero-order valence-corrected chi connectivity index (χ0v) is 14.1. The second-order valence-corrected chi connectivity index (χ2v) is 5.39. The number of hydrogen-bond acceptors (Lipinski definition) is 5. The number of rotatable bonds is 5. The van der Waals surface area contributed by atoms with Gasteiger partial charge in [-0.25, -0.2) is 0 Å². The number of hydrogen-bond donors (Lipinski definition) is 3. The van der Waals surface area contributed by atoms with Crippen molar-refractivity contribution in [3.63, 3.8) is 0 Å². The molecule has 8 nitrogen and oxygen atoms in total. The van der Waals surface area contributed by atoms with Crippen LogP contribution in [0.1, 0.15) is 11.3 Å². The molecule has 0 radical (unpaired) electrons. The SMILES string of the molecule is Cc1ccc(Cl)c(OCC(=O)NNC(=O)C(=O)NCc2ccco2)c1. The predicted octanol–water partition coefficient (Wildman–Crippen LogP) is 1.08. The largest absolute Gasteiger partial charge is 0.482 e. The van der Waals surface area contributed by atoms with E-state index in [2.05, 4.69) is 10.7 Å². The van der Waals surface area contributed by atoms with Gasteiger partial charge < -0.3 is 14.5 Å². The van der Waals surface area contributed by atoms with Crippen molar-refractivity contribution in [2.45, 2.75) is 13.5 Å². The topological polar surface area (TPSA) is 110 Å². The number of benzene rings is 1. The average Bonchev–Trinajstić information content (AvgIpc) is 3.11. The summed E-state index contributed by atoms with van der Waals surface area (Å²) in [5.41, 5.74) is 4.97. The summed E-state index contributed by atoms with van der Waals surface area (Å²) in [6, 6.07) is 8.43. The number of halogens is 1. The molecule has 0 aliphatic carbocycles. The lowest BCUT2D eigenvalue weighted by Crippen LogP contribution is -2.49. The van der Waals surface area contributed by atoms with Crippen molar-refractivity contribution in [3.8, 4) is 5.75 Å². The average molecular weight is 366 g/mol. The number of aryl methyl sites for hydroxylation is 1. The van der Waals surface area contributed by atoms with Gasteiger partial charge in [-0.3, -0.25) is 25.2 Å². The summed E-state index contributed by atoms with van der Waals surface area (Å²) in [5, 5.41) is 2.70. The van der Waals surface area contributed by atoms with Crippen LogP contribution in [0.25, 0.3) is 0 Å². The van der Waals surface area contributed by atoms with Crippen molar-refractivity contribution >= 4 is 29.3 Å². The van der Waals surface area contributed by atoms with Crippen LogP contribution in [0.4, 0.5) is 0 Å². The van der Waals surface area contributed by atoms with Gasteiger partial charge >= 0.3 is 11.8 Å². The van der Waals surface area contributed by atoms with Crippen LogP contribution < -0.4 is 20.9 Å². The standard InChI is InChI=1S/C16H16ClN3O5/c1-10-4-5-12(17)13(7-10)25-9-14(21)19-20-16(23)15(22)18-8-11-3-2-6-24-11/h2-7H,8-9H2,1H3,(H,18,22)(H,19,21)(H,20,23). The van der Waals surface area contributed by atoms with Gasteiger partial charge in [0, 0.05) is 0 Å². The molecule has 0 unspecified atom stereocenters. The minimum Gasteiger partial charge on any atom is -0.482 e. The molecular formula is C16H16ClN3O5. The molecule has 0 aliphatic heterocycles. The number of carbonyl (C=O) groups excluding carboxylic acids is 3. The van der Waals surface area contributed by atoms with E-state index in [-0.39, 0.29) is 13.2 Å². The molecule has 0 aliphatic rings. The second kappa shape index (κ2) is 8.74. The lowest BCUT2D eigenvalue weighted by molar-refractivity contribution is -0.141. The zero-order chi connectivity index (χ0) is 18.2. The summed E-state index contributed by atoms with van der Waals surface area (Å²) in [4.78, 5) is 34.7. The Hall–Kier alpha value is -3.00. The molecule has 1 aromatic heterocycles. The first-order valence-electron chi connectivity index (χ1n) is 7.24. The fourth-order valence-electron chi connectivity index (χ4n) is 1.74. The zero-order valence-electron chi connectivity index (χ0n) is 13.3. The number of ether oxygens (including phenoxy) is 1. The molecule has 1 heterocycles. The summed E-state index contributed by atoms with van der Waals surface area (Å²) in [6.45, 7) is 1.53. The van der Waals surface area contributed by atoms with Crippen molar-refractivity contribution in [1.29, 1.82) is 0 Å². The third kappa shape index (κ3) is 5.85. The lowest BCUT2D eigenvalue weighted by atomic mass is 10.2. The first kappa shape index (κ1) is 18.3. The molecule has 132 valence electrons. The first-order valence-corrected chi connectivity index (χ1v) is 7.62. The number of furan rings is 1. The van der Waals surface area contributed by atoms with E-state index in [0.717, 1.165) is 5.56 Å². The highest BCUT2D eigenvalue weighted by Gasteiger charge is 2.15. The third-order valence-electron chi connectivity index (χ3n) is 2.97. The van der Waals surface area contributed by atoms with Crippen LogP contribution in [-0.2, 0) is 20.9 Å². The van der Waals surface area contributed by atoms with E-state index in [9.17, 15) is 14.4 Å². The van der Waals surface area contributed by atoms with E-state index >= 15 is 0 Å². The number of amides is 3. The van der Waals surface area contributed by atoms with Gasteiger partial charge in [-0.2, -0.15) is 0 Å². The Labute approximate surface area is 148 Å². The summed E-state index contributed by atoms with van der Waals surface area (Å²) in [6.07, 6.45) is 1.45. The summed E-state index contributed by atoms with van der Waals surface area (Å²) >= 11 is 5.94. The van der Waals surface area contributed by atoms with Crippen molar-refractivity contribution in [2.24, 2.45) is 0 Å². The molecule has 0 saturated carbocycles. The molecular weight excluding hydrogens is 350 g/mol. The Balaban J connectivity index is 1.70. The van der Waals surface area contributed by atoms with Crippen LogP contribution in [0.5, 0.6) is 5.75 Å². The summed E-state index contributed by atoms with van der Waals surface area (Å²) in [7, 11) is 0. The smallest absolute Gasteiger partial charge is 0.327 e. The highest BCUT2D eigenvalue weighted by molar-refractivity contribution is 6.35. The van der Waals surface area contributed by atoms with Crippen molar-refractivity contribution < 1.29 is 23.5 Å². The van der Waals surface area contributed by atoms with Crippen LogP contribution in [0.3, 0.4) is 0 Å². The van der Waals surface area contributed by atoms with Crippen LogP contribution in [0, 0.1) is 6.92 Å². The molecule has 2 rings (SSSR count). The van der Waals surface area contributed by atoms with Crippen LogP contribution in [0.2, 0.25) is 5.02 Å². The molecule has 0 fully saturated rings. The minimum atomic E-state index is -1.02. The highest BCUT2D eigenvalue weighted by atomic mass is 35.5. The van der Waals surface area contributed by atoms with E-state index in [1.807, 2.05) is 12.3 Å². The molecule has 25 heavy (non-hydrogen) atoms. The lowest BCUT2D eigenvalue weighted by Gasteiger charge is -2.10. The Morgan fingerprint density at radius 3 is 2.68 bits per heavy atom. The molecule has 0 saturated heterocycles. The first-order chi connectivity index (χ1) is 12.0. The third-order valence-corrected chi connectivity index (χ3v) is 3.28. The van der Waals surface area contributed by atoms with Crippen LogP contribution >= 0.6 is 11.6 Å². The summed E-state index contributed by atoms with van der Waals surface area (Å²) < 4.78 is 10.3. The van der Waals surface area contributed by atoms with E-state index in [1.54, 1.807) is 30.3 Å². The van der Waals surface area contributed by atoms with Crippen molar-refractivity contribution in [1.82, 2.24) is 16.2 Å². The van der Waals surface area contributed by atoms with Gasteiger partial charge in [-0.05, 0) is 36.8 Å². The fraction of sp³-hybridized carbons (Fsp3) is 0.188. The van der Waals surface area contributed by atoms with E-state index in [0.29, 0.717) is 16.5 Å². The normalized spacial score (nSPS) is 10.0. The van der Waals surface area contributed by atoms with Gasteiger partial charge in [0.15, 0.2) is 6.61 Å². The minimum absolute atomic E-state index is 0.0577. The Morgan fingerprint density at radius 2 is 1.96 bits per heavy atom. The molecule has 3 N–H and O–H groups in total. The maximum absolute atomic E-state index is 11.6. The molecule has 3 amide bonds. The number of carbonyl (C=O) groups is 3. The summed E-state index contributed by atoms with van der Waals surface area (Å²) in [5.74, 6) is -1.74. The van der Waals surface area contributed by atoms with Crippen molar-refractivity contribution in [3.05, 3.63) is 52.9 Å². The number of hydrazine groups is 1. The second-order valence-electron chi connectivity index (χ2n) is 4.99. The molecule has 1 aromatic carbocycles. The Morgan fingerprint density at radius 1 is 1.16 bits per heavy atom.